The lowest BCUT2D eigenvalue weighted by atomic mass is 10.0. The molecular weight excluding hydrogens is 596 g/mol. The Morgan fingerprint density at radius 2 is 0.970 bits per heavy atom. The average molecular weight is 610 g/mol. The summed E-state index contributed by atoms with van der Waals surface area (Å²) < 4.78 is 2.08. The van der Waals surface area contributed by atoms with Crippen LogP contribution in [0.1, 0.15) is 0 Å². The molecule has 6 aromatic rings. The average Bonchev–Trinajstić information content (AvgIpc) is 3.60. The second kappa shape index (κ2) is 8.89. The van der Waals surface area contributed by atoms with Gasteiger partial charge in [-0.15, -0.1) is 34.0 Å². The molecule has 0 aliphatic carbocycles. The molecule has 7 heteroatoms. The van der Waals surface area contributed by atoms with E-state index >= 15 is 0 Å². The van der Waals surface area contributed by atoms with Gasteiger partial charge in [-0.1, -0.05) is 68.3 Å². The molecule has 4 heterocycles. The number of nitrogens with zero attached hydrogens (tertiary/aromatic N) is 2. The van der Waals surface area contributed by atoms with E-state index in [2.05, 4.69) is 115 Å². The van der Waals surface area contributed by atoms with Crippen molar-refractivity contribution < 1.29 is 0 Å². The molecule has 0 N–H and O–H groups in total. The molecule has 0 atom stereocenters. The van der Waals surface area contributed by atoms with Gasteiger partial charge in [0.1, 0.15) is 11.0 Å². The highest BCUT2D eigenvalue weighted by molar-refractivity contribution is 9.10. The monoisotopic (exact) mass is 608 g/mol. The fourth-order valence-electron chi connectivity index (χ4n) is 3.72. The summed E-state index contributed by atoms with van der Waals surface area (Å²) in [5.74, 6) is 0. The van der Waals surface area contributed by atoms with E-state index < -0.39 is 0 Å². The van der Waals surface area contributed by atoms with Crippen LogP contribution in [-0.4, -0.2) is 9.97 Å². The first-order valence-electron chi connectivity index (χ1n) is 10.1. The standard InChI is InChI=1S/C26H14Br2N2S3/c27-17-9-5-15(6-10-17)21-22(16-7-11-18(28)12-8-16)30-24-23(29-21)25(19-3-1-13-31-19)33-26(24)20-4-2-14-32-20/h1-14H. The summed E-state index contributed by atoms with van der Waals surface area (Å²) in [6.07, 6.45) is 0. The molecule has 33 heavy (non-hydrogen) atoms. The molecule has 2 nitrogen and oxygen atoms in total. The molecule has 0 bridgehead atoms. The van der Waals surface area contributed by atoms with Gasteiger partial charge in [-0.2, -0.15) is 0 Å². The smallest absolute Gasteiger partial charge is 0.110 e. The molecule has 0 amide bonds. The normalized spacial score (nSPS) is 11.3. The minimum Gasteiger partial charge on any atom is -0.242 e. The summed E-state index contributed by atoms with van der Waals surface area (Å²) in [5, 5.41) is 4.23. The van der Waals surface area contributed by atoms with E-state index in [0.717, 1.165) is 42.5 Å². The van der Waals surface area contributed by atoms with E-state index in [0.29, 0.717) is 0 Å². The maximum atomic E-state index is 5.29. The Balaban J connectivity index is 1.70. The van der Waals surface area contributed by atoms with Gasteiger partial charge >= 0.3 is 0 Å². The van der Waals surface area contributed by atoms with Crippen LogP contribution in [0.3, 0.4) is 0 Å². The maximum Gasteiger partial charge on any atom is 0.110 e. The molecule has 0 radical (unpaired) electrons. The van der Waals surface area contributed by atoms with Crippen LogP contribution >= 0.6 is 65.9 Å². The quantitative estimate of drug-likeness (QED) is 0.199. The summed E-state index contributed by atoms with van der Waals surface area (Å²) in [7, 11) is 0. The number of hydrogen-bond donors (Lipinski definition) is 0. The number of fused-ring (bicyclic) bond motifs is 1. The van der Waals surface area contributed by atoms with Crippen LogP contribution in [0.15, 0.2) is 92.5 Å². The van der Waals surface area contributed by atoms with Crippen molar-refractivity contribution in [1.82, 2.24) is 9.97 Å². The third-order valence-electron chi connectivity index (χ3n) is 5.26. The van der Waals surface area contributed by atoms with Crippen LogP contribution in [-0.2, 0) is 0 Å². The largest absolute Gasteiger partial charge is 0.242 e. The van der Waals surface area contributed by atoms with E-state index in [-0.39, 0.29) is 0 Å². The molecule has 160 valence electrons. The zero-order valence-corrected chi connectivity index (χ0v) is 22.6. The number of thiophene rings is 3. The highest BCUT2D eigenvalue weighted by Crippen LogP contribution is 2.47. The van der Waals surface area contributed by atoms with E-state index in [4.69, 9.17) is 9.97 Å². The molecule has 4 aromatic heterocycles. The number of aromatic nitrogens is 2. The van der Waals surface area contributed by atoms with E-state index in [9.17, 15) is 0 Å². The molecule has 2 aromatic carbocycles. The van der Waals surface area contributed by atoms with Crippen molar-refractivity contribution in [2.24, 2.45) is 0 Å². The summed E-state index contributed by atoms with van der Waals surface area (Å²) in [6, 6.07) is 25.1. The van der Waals surface area contributed by atoms with Crippen molar-refractivity contribution in [1.29, 1.82) is 0 Å². The van der Waals surface area contributed by atoms with Gasteiger partial charge in [-0.25, -0.2) is 9.97 Å². The van der Waals surface area contributed by atoms with Crippen LogP contribution in [0.25, 0.3) is 53.1 Å². The van der Waals surface area contributed by atoms with Gasteiger partial charge in [-0.3, -0.25) is 0 Å². The Hall–Kier alpha value is -2.16. The molecule has 0 aliphatic rings. The molecule has 0 fully saturated rings. The Labute approximate surface area is 219 Å². The van der Waals surface area contributed by atoms with Gasteiger partial charge in [0.15, 0.2) is 0 Å². The zero-order valence-electron chi connectivity index (χ0n) is 17.0. The fraction of sp³-hybridized carbons (Fsp3) is 0. The first kappa shape index (κ1) is 21.4. The highest BCUT2D eigenvalue weighted by atomic mass is 79.9. The second-order valence-electron chi connectivity index (χ2n) is 7.35. The third kappa shape index (κ3) is 4.02. The predicted molar refractivity (Wildman–Crippen MR) is 150 cm³/mol. The van der Waals surface area contributed by atoms with Crippen LogP contribution in [0.4, 0.5) is 0 Å². The predicted octanol–water partition coefficient (Wildman–Crippen LogP) is 10.0. The number of hydrogen-bond acceptors (Lipinski definition) is 5. The van der Waals surface area contributed by atoms with Gasteiger partial charge in [0.05, 0.1) is 21.1 Å². The van der Waals surface area contributed by atoms with Crippen molar-refractivity contribution >= 4 is 76.9 Å². The Morgan fingerprint density at radius 3 is 1.33 bits per heavy atom. The molecular formula is C26H14Br2N2S3. The van der Waals surface area contributed by atoms with Gasteiger partial charge < -0.3 is 0 Å². The second-order valence-corrected chi connectivity index (χ2v) is 12.1. The minimum absolute atomic E-state index is 0.894. The van der Waals surface area contributed by atoms with Crippen molar-refractivity contribution in [2.75, 3.05) is 0 Å². The van der Waals surface area contributed by atoms with Crippen LogP contribution < -0.4 is 0 Å². The van der Waals surface area contributed by atoms with Crippen LogP contribution in [0, 0.1) is 0 Å². The lowest BCUT2D eigenvalue weighted by Crippen LogP contribution is -1.95. The molecule has 0 aliphatic heterocycles. The lowest BCUT2D eigenvalue weighted by Gasteiger charge is -2.11. The topological polar surface area (TPSA) is 25.8 Å². The van der Waals surface area contributed by atoms with Crippen molar-refractivity contribution in [3.8, 4) is 42.0 Å². The van der Waals surface area contributed by atoms with Crippen molar-refractivity contribution in [2.45, 2.75) is 0 Å². The number of benzene rings is 2. The Bertz CT molecular complexity index is 1430. The minimum atomic E-state index is 0.894. The summed E-state index contributed by atoms with van der Waals surface area (Å²) >= 11 is 12.4. The summed E-state index contributed by atoms with van der Waals surface area (Å²) in [4.78, 5) is 15.4. The SMILES string of the molecule is Brc1ccc(-c2nc3c(-c4cccs4)sc(-c4cccs4)c3nc2-c2ccc(Br)cc2)cc1. The Morgan fingerprint density at radius 1 is 0.545 bits per heavy atom. The van der Waals surface area contributed by atoms with Gasteiger partial charge in [-0.05, 0) is 47.2 Å². The van der Waals surface area contributed by atoms with Gasteiger partial charge in [0.25, 0.3) is 0 Å². The van der Waals surface area contributed by atoms with Crippen molar-refractivity contribution in [3.63, 3.8) is 0 Å². The molecule has 0 spiro atoms. The van der Waals surface area contributed by atoms with Gasteiger partial charge in [0, 0.05) is 29.8 Å². The molecule has 0 unspecified atom stereocenters. The van der Waals surface area contributed by atoms with Crippen LogP contribution in [0.2, 0.25) is 0 Å². The maximum absolute atomic E-state index is 5.29. The van der Waals surface area contributed by atoms with E-state index in [1.807, 2.05) is 0 Å². The highest BCUT2D eigenvalue weighted by Gasteiger charge is 2.22. The molecule has 0 saturated carbocycles. The lowest BCUT2D eigenvalue weighted by molar-refractivity contribution is 1.30. The van der Waals surface area contributed by atoms with Crippen molar-refractivity contribution in [3.05, 3.63) is 92.5 Å². The van der Waals surface area contributed by atoms with E-state index in [1.165, 1.54) is 19.5 Å². The first-order chi connectivity index (χ1) is 16.2. The Kier molecular flexibility index (Phi) is 5.76. The number of rotatable bonds is 4. The summed E-state index contributed by atoms with van der Waals surface area (Å²) in [6.45, 7) is 0. The summed E-state index contributed by atoms with van der Waals surface area (Å²) in [5.41, 5.74) is 5.81. The zero-order chi connectivity index (χ0) is 22.4. The third-order valence-corrected chi connectivity index (χ3v) is 9.58. The first-order valence-corrected chi connectivity index (χ1v) is 14.3. The molecule has 0 saturated heterocycles. The fourth-order valence-corrected chi connectivity index (χ4v) is 7.13. The van der Waals surface area contributed by atoms with Crippen LogP contribution in [0.5, 0.6) is 0 Å². The van der Waals surface area contributed by atoms with E-state index in [1.54, 1.807) is 34.0 Å². The molecule has 6 rings (SSSR count). The van der Waals surface area contributed by atoms with Gasteiger partial charge in [0.2, 0.25) is 0 Å². The number of halogens is 2.